The van der Waals surface area contributed by atoms with Crippen LogP contribution in [0.15, 0.2) is 36.4 Å². The molecule has 3 rings (SSSR count). The highest BCUT2D eigenvalue weighted by Crippen LogP contribution is 2.34. The van der Waals surface area contributed by atoms with E-state index >= 15 is 0 Å². The van der Waals surface area contributed by atoms with Crippen LogP contribution in [0.1, 0.15) is 5.56 Å². The Balaban J connectivity index is 1.75. The molecule has 1 aliphatic heterocycles. The third kappa shape index (κ3) is 2.86. The summed E-state index contributed by atoms with van der Waals surface area (Å²) in [5, 5.41) is 3.17. The lowest BCUT2D eigenvalue weighted by Gasteiger charge is -2.21. The van der Waals surface area contributed by atoms with Crippen LogP contribution < -0.4 is 19.5 Å². The van der Waals surface area contributed by atoms with Crippen LogP contribution in [-0.2, 0) is 6.54 Å². The Hall–Kier alpha value is -2.43. The fraction of sp³-hybridized carbons (Fsp3) is 0.250. The van der Waals surface area contributed by atoms with Gasteiger partial charge in [0.15, 0.2) is 23.1 Å². The maximum atomic E-state index is 13.6. The highest BCUT2D eigenvalue weighted by Gasteiger charge is 2.15. The summed E-state index contributed by atoms with van der Waals surface area (Å²) in [5.74, 6) is 1.35. The minimum absolute atomic E-state index is 0.231. The average molecular weight is 289 g/mol. The molecule has 0 atom stereocenters. The van der Waals surface area contributed by atoms with Gasteiger partial charge >= 0.3 is 0 Å². The highest BCUT2D eigenvalue weighted by atomic mass is 19.1. The SMILES string of the molecule is COc1ccc(NCc2cccc3c2OCCO3)cc1F. The molecule has 0 spiro atoms. The van der Waals surface area contributed by atoms with Crippen LogP contribution >= 0.6 is 0 Å². The van der Waals surface area contributed by atoms with Crippen LogP contribution in [0.3, 0.4) is 0 Å². The van der Waals surface area contributed by atoms with Crippen molar-refractivity contribution in [3.8, 4) is 17.2 Å². The summed E-state index contributed by atoms with van der Waals surface area (Å²) in [6, 6.07) is 10.5. The van der Waals surface area contributed by atoms with Crippen molar-refractivity contribution < 1.29 is 18.6 Å². The number of methoxy groups -OCH3 is 1. The number of halogens is 1. The molecular weight excluding hydrogens is 273 g/mol. The second kappa shape index (κ2) is 5.91. The van der Waals surface area contributed by atoms with Gasteiger partial charge in [-0.1, -0.05) is 12.1 Å². The van der Waals surface area contributed by atoms with Gasteiger partial charge in [-0.25, -0.2) is 4.39 Å². The molecule has 1 N–H and O–H groups in total. The van der Waals surface area contributed by atoms with Gasteiger partial charge in [-0.2, -0.15) is 0 Å². The van der Waals surface area contributed by atoms with Gasteiger partial charge in [0.25, 0.3) is 0 Å². The quantitative estimate of drug-likeness (QED) is 0.938. The van der Waals surface area contributed by atoms with Crippen molar-refractivity contribution in [2.45, 2.75) is 6.54 Å². The van der Waals surface area contributed by atoms with Crippen molar-refractivity contribution in [3.05, 3.63) is 47.8 Å². The maximum absolute atomic E-state index is 13.6. The van der Waals surface area contributed by atoms with Gasteiger partial charge in [-0.05, 0) is 18.2 Å². The van der Waals surface area contributed by atoms with E-state index in [1.165, 1.54) is 13.2 Å². The smallest absolute Gasteiger partial charge is 0.167 e. The second-order valence-corrected chi connectivity index (χ2v) is 4.64. The van der Waals surface area contributed by atoms with Gasteiger partial charge in [-0.15, -0.1) is 0 Å². The number of anilines is 1. The summed E-state index contributed by atoms with van der Waals surface area (Å²) in [5.41, 5.74) is 1.66. The molecule has 2 aromatic rings. The van der Waals surface area contributed by atoms with E-state index in [2.05, 4.69) is 5.32 Å². The Morgan fingerprint density at radius 1 is 1.19 bits per heavy atom. The summed E-state index contributed by atoms with van der Waals surface area (Å²) in [4.78, 5) is 0. The number of hydrogen-bond donors (Lipinski definition) is 1. The molecule has 0 aromatic heterocycles. The van der Waals surface area contributed by atoms with Crippen molar-refractivity contribution in [1.29, 1.82) is 0 Å². The molecule has 2 aromatic carbocycles. The summed E-state index contributed by atoms with van der Waals surface area (Å²) in [7, 11) is 1.44. The lowest BCUT2D eigenvalue weighted by molar-refractivity contribution is 0.170. The molecule has 0 amide bonds. The maximum Gasteiger partial charge on any atom is 0.167 e. The van der Waals surface area contributed by atoms with Gasteiger partial charge in [-0.3, -0.25) is 0 Å². The Labute approximate surface area is 122 Å². The molecule has 1 aliphatic rings. The fourth-order valence-corrected chi connectivity index (χ4v) is 2.25. The fourth-order valence-electron chi connectivity index (χ4n) is 2.25. The van der Waals surface area contributed by atoms with Gasteiger partial charge < -0.3 is 19.5 Å². The molecule has 0 fully saturated rings. The van der Waals surface area contributed by atoms with Gasteiger partial charge in [0.2, 0.25) is 0 Å². The molecule has 0 aliphatic carbocycles. The largest absolute Gasteiger partial charge is 0.494 e. The Morgan fingerprint density at radius 3 is 2.86 bits per heavy atom. The molecule has 0 radical (unpaired) electrons. The first-order chi connectivity index (χ1) is 10.3. The monoisotopic (exact) mass is 289 g/mol. The van der Waals surface area contributed by atoms with E-state index in [4.69, 9.17) is 14.2 Å². The van der Waals surface area contributed by atoms with E-state index in [-0.39, 0.29) is 5.75 Å². The van der Waals surface area contributed by atoms with Gasteiger partial charge in [0.05, 0.1) is 7.11 Å². The number of nitrogens with one attached hydrogen (secondary N) is 1. The minimum atomic E-state index is -0.392. The van der Waals surface area contributed by atoms with Crippen molar-refractivity contribution in [1.82, 2.24) is 0 Å². The van der Waals surface area contributed by atoms with Crippen LogP contribution in [0, 0.1) is 5.82 Å². The van der Waals surface area contributed by atoms with E-state index in [1.54, 1.807) is 12.1 Å². The van der Waals surface area contributed by atoms with Crippen molar-refractivity contribution in [2.24, 2.45) is 0 Å². The van der Waals surface area contributed by atoms with E-state index in [9.17, 15) is 4.39 Å². The minimum Gasteiger partial charge on any atom is -0.494 e. The van der Waals surface area contributed by atoms with E-state index in [0.29, 0.717) is 25.4 Å². The zero-order chi connectivity index (χ0) is 14.7. The Kier molecular flexibility index (Phi) is 3.81. The topological polar surface area (TPSA) is 39.7 Å². The predicted molar refractivity (Wildman–Crippen MR) is 77.7 cm³/mol. The summed E-state index contributed by atoms with van der Waals surface area (Å²) < 4.78 is 29.7. The number of fused-ring (bicyclic) bond motifs is 1. The average Bonchev–Trinajstić information content (AvgIpc) is 2.53. The second-order valence-electron chi connectivity index (χ2n) is 4.64. The van der Waals surface area contributed by atoms with Crippen LogP contribution in [0.4, 0.5) is 10.1 Å². The lowest BCUT2D eigenvalue weighted by atomic mass is 10.1. The molecule has 0 saturated carbocycles. The third-order valence-electron chi connectivity index (χ3n) is 3.28. The molecule has 1 heterocycles. The van der Waals surface area contributed by atoms with Crippen LogP contribution in [0.5, 0.6) is 17.2 Å². The number of hydrogen-bond acceptors (Lipinski definition) is 4. The van der Waals surface area contributed by atoms with E-state index < -0.39 is 5.82 Å². The number of benzene rings is 2. The van der Waals surface area contributed by atoms with E-state index in [1.807, 2.05) is 18.2 Å². The zero-order valence-electron chi connectivity index (χ0n) is 11.7. The predicted octanol–water partition coefficient (Wildman–Crippen LogP) is 3.22. The number of rotatable bonds is 4. The Bertz CT molecular complexity index is 645. The van der Waals surface area contributed by atoms with Crippen molar-refractivity contribution in [2.75, 3.05) is 25.6 Å². The van der Waals surface area contributed by atoms with E-state index in [0.717, 1.165) is 17.1 Å². The summed E-state index contributed by atoms with van der Waals surface area (Å²) in [6.07, 6.45) is 0. The number of para-hydroxylation sites is 1. The molecule has 0 saturated heterocycles. The molecule has 0 unspecified atom stereocenters. The normalized spacial score (nSPS) is 12.9. The molecule has 4 nitrogen and oxygen atoms in total. The first kappa shape index (κ1) is 13.5. The molecular formula is C16H16FNO3. The molecule has 0 bridgehead atoms. The molecule has 110 valence electrons. The summed E-state index contributed by atoms with van der Waals surface area (Å²) in [6.45, 7) is 1.63. The zero-order valence-corrected chi connectivity index (χ0v) is 11.7. The highest BCUT2D eigenvalue weighted by molar-refractivity contribution is 5.51. The van der Waals surface area contributed by atoms with Crippen LogP contribution in [0.2, 0.25) is 0 Å². The summed E-state index contributed by atoms with van der Waals surface area (Å²) >= 11 is 0. The first-order valence-electron chi connectivity index (χ1n) is 6.73. The molecule has 21 heavy (non-hydrogen) atoms. The van der Waals surface area contributed by atoms with Gasteiger partial charge in [0, 0.05) is 23.9 Å². The van der Waals surface area contributed by atoms with Gasteiger partial charge in [0.1, 0.15) is 13.2 Å². The first-order valence-corrected chi connectivity index (χ1v) is 6.73. The van der Waals surface area contributed by atoms with Crippen molar-refractivity contribution >= 4 is 5.69 Å². The number of ether oxygens (including phenoxy) is 3. The van der Waals surface area contributed by atoms with Crippen LogP contribution in [0.25, 0.3) is 0 Å². The van der Waals surface area contributed by atoms with Crippen molar-refractivity contribution in [3.63, 3.8) is 0 Å². The molecule has 5 heteroatoms. The van der Waals surface area contributed by atoms with Crippen LogP contribution in [-0.4, -0.2) is 20.3 Å². The Morgan fingerprint density at radius 2 is 2.05 bits per heavy atom. The third-order valence-corrected chi connectivity index (χ3v) is 3.28. The lowest BCUT2D eigenvalue weighted by Crippen LogP contribution is -2.17. The standard InChI is InChI=1S/C16H16FNO3/c1-19-14-6-5-12(9-13(14)17)18-10-11-3-2-4-15-16(11)21-8-7-20-15/h2-6,9,18H,7-8,10H2,1H3.